The molecule has 0 aliphatic heterocycles. The lowest BCUT2D eigenvalue weighted by atomic mass is 9.69. The molecule has 1 fully saturated rings. The van der Waals surface area contributed by atoms with Crippen LogP contribution in [0.25, 0.3) is 5.57 Å². The maximum absolute atomic E-state index is 12.4. The van der Waals surface area contributed by atoms with Crippen LogP contribution in [0.2, 0.25) is 0 Å². The quantitative estimate of drug-likeness (QED) is 0.620. The molecule has 3 rings (SSSR count). The number of methoxy groups -OCH3 is 1. The maximum Gasteiger partial charge on any atom is 0.153 e. The van der Waals surface area contributed by atoms with Crippen LogP contribution < -0.4 is 0 Å². The lowest BCUT2D eigenvalue weighted by Gasteiger charge is -2.37. The Morgan fingerprint density at radius 2 is 2.00 bits per heavy atom. The van der Waals surface area contributed by atoms with Crippen molar-refractivity contribution in [1.82, 2.24) is 0 Å². The number of fused-ring (bicyclic) bond motifs is 1. The predicted octanol–water partition coefficient (Wildman–Crippen LogP) is 5.10. The largest absolute Gasteiger partial charge is 0.381 e. The van der Waals surface area contributed by atoms with E-state index in [0.29, 0.717) is 6.10 Å². The molecule has 1 saturated carbocycles. The molecule has 5 heteroatoms. The highest BCUT2D eigenvalue weighted by atomic mass is 79.9. The number of allylic oxidation sites excluding steroid dienone is 1. The number of hydrogen-bond acceptors (Lipinski definition) is 2. The molecule has 0 aromatic heterocycles. The van der Waals surface area contributed by atoms with Crippen molar-refractivity contribution in [3.8, 4) is 0 Å². The summed E-state index contributed by atoms with van der Waals surface area (Å²) in [5.41, 5.74) is 3.75. The Morgan fingerprint density at radius 1 is 1.32 bits per heavy atom. The van der Waals surface area contributed by atoms with Crippen LogP contribution >= 0.6 is 15.9 Å². The number of ether oxygens (including phenoxy) is 1. The molecule has 1 atom stereocenters. The number of benzene rings is 1. The van der Waals surface area contributed by atoms with E-state index in [1.165, 1.54) is 11.1 Å². The summed E-state index contributed by atoms with van der Waals surface area (Å²) in [5, 5.41) is 0. The molecule has 0 saturated heterocycles. The highest BCUT2D eigenvalue weighted by Crippen LogP contribution is 2.54. The van der Waals surface area contributed by atoms with Gasteiger partial charge in [-0.1, -0.05) is 22.0 Å². The smallest absolute Gasteiger partial charge is 0.153 e. The average Bonchev–Trinajstić information content (AvgIpc) is 2.85. The van der Waals surface area contributed by atoms with E-state index in [1.807, 2.05) is 20.8 Å². The van der Waals surface area contributed by atoms with Crippen molar-refractivity contribution >= 4 is 38.4 Å². The first-order chi connectivity index (χ1) is 11.7. The van der Waals surface area contributed by atoms with Gasteiger partial charge in [0.05, 0.1) is 10.9 Å². The van der Waals surface area contributed by atoms with Gasteiger partial charge in [-0.2, -0.15) is 0 Å². The SMILES string of the molecule is COC1CCC2(CC1)Cc1ccc(Br)cc1C2=C=NS(=O)C(C)(C)C. The first-order valence-electron chi connectivity index (χ1n) is 8.83. The second kappa shape index (κ2) is 7.11. The summed E-state index contributed by atoms with van der Waals surface area (Å²) in [5.74, 6) is 3.24. The van der Waals surface area contributed by atoms with Crippen molar-refractivity contribution in [3.63, 3.8) is 0 Å². The van der Waals surface area contributed by atoms with Crippen molar-refractivity contribution in [2.24, 2.45) is 9.81 Å². The third kappa shape index (κ3) is 3.85. The molecule has 2 aliphatic rings. The monoisotopic (exact) mass is 423 g/mol. The van der Waals surface area contributed by atoms with Gasteiger partial charge >= 0.3 is 0 Å². The average molecular weight is 424 g/mol. The molecule has 3 nitrogen and oxygen atoms in total. The van der Waals surface area contributed by atoms with E-state index >= 15 is 0 Å². The molecule has 136 valence electrons. The standard InChI is InChI=1S/C20H26BrNO2S/c1-19(2,3)25(23)22-13-18-17-11-15(21)6-5-14(17)12-20(18)9-7-16(24-4)8-10-20/h5-6,11,16H,7-10,12H2,1-4H3. The molecule has 0 amide bonds. The summed E-state index contributed by atoms with van der Waals surface area (Å²) in [6, 6.07) is 6.45. The van der Waals surface area contributed by atoms with Gasteiger partial charge in [0.15, 0.2) is 11.0 Å². The first kappa shape index (κ1) is 19.0. The molecular formula is C20H26BrNO2S. The van der Waals surface area contributed by atoms with E-state index in [-0.39, 0.29) is 10.2 Å². The van der Waals surface area contributed by atoms with Gasteiger partial charge in [-0.05, 0) is 76.1 Å². The Bertz CT molecular complexity index is 751. The molecule has 1 unspecified atom stereocenters. The molecular weight excluding hydrogens is 398 g/mol. The van der Waals surface area contributed by atoms with E-state index in [2.05, 4.69) is 44.4 Å². The van der Waals surface area contributed by atoms with E-state index in [9.17, 15) is 4.21 Å². The second-order valence-corrected chi connectivity index (χ2v) is 11.0. The molecule has 25 heavy (non-hydrogen) atoms. The highest BCUT2D eigenvalue weighted by Gasteiger charge is 2.44. The van der Waals surface area contributed by atoms with E-state index in [0.717, 1.165) is 42.1 Å². The maximum atomic E-state index is 12.4. The van der Waals surface area contributed by atoms with Gasteiger partial charge in [-0.3, -0.25) is 0 Å². The predicted molar refractivity (Wildman–Crippen MR) is 108 cm³/mol. The van der Waals surface area contributed by atoms with E-state index in [4.69, 9.17) is 4.74 Å². The number of hydrogen-bond donors (Lipinski definition) is 0. The fourth-order valence-corrected chi connectivity index (χ4v) is 4.69. The van der Waals surface area contributed by atoms with Gasteiger partial charge in [0, 0.05) is 28.4 Å². The van der Waals surface area contributed by atoms with Crippen molar-refractivity contribution in [2.45, 2.75) is 63.7 Å². The third-order valence-corrected chi connectivity index (χ3v) is 7.19. The van der Waals surface area contributed by atoms with Crippen molar-refractivity contribution in [2.75, 3.05) is 7.11 Å². The van der Waals surface area contributed by atoms with Crippen molar-refractivity contribution < 1.29 is 8.95 Å². The zero-order valence-corrected chi connectivity index (χ0v) is 17.8. The minimum Gasteiger partial charge on any atom is -0.381 e. The van der Waals surface area contributed by atoms with Gasteiger partial charge in [-0.15, -0.1) is 4.40 Å². The molecule has 0 bridgehead atoms. The number of nitrogens with zero attached hydrogens (tertiary/aromatic N) is 1. The molecule has 0 heterocycles. The van der Waals surface area contributed by atoms with Crippen LogP contribution in [0.5, 0.6) is 0 Å². The summed E-state index contributed by atoms with van der Waals surface area (Å²) in [7, 11) is 0.511. The van der Waals surface area contributed by atoms with Gasteiger partial charge in [0.2, 0.25) is 0 Å². The van der Waals surface area contributed by atoms with Crippen LogP contribution in [-0.2, 0) is 22.1 Å². The van der Waals surface area contributed by atoms with Crippen LogP contribution in [0, 0.1) is 5.41 Å². The fraction of sp³-hybridized carbons (Fsp3) is 0.600. The third-order valence-electron chi connectivity index (χ3n) is 5.39. The fourth-order valence-electron chi connectivity index (χ4n) is 3.88. The van der Waals surface area contributed by atoms with Crippen LogP contribution in [0.4, 0.5) is 0 Å². The van der Waals surface area contributed by atoms with Gasteiger partial charge < -0.3 is 4.74 Å². The molecule has 0 N–H and O–H groups in total. The Hall–Kier alpha value is -0.740. The second-order valence-electron chi connectivity index (χ2n) is 8.13. The number of halogens is 1. The molecule has 2 aliphatic carbocycles. The topological polar surface area (TPSA) is 38.7 Å². The Kier molecular flexibility index (Phi) is 5.41. The minimum atomic E-state index is -1.29. The van der Waals surface area contributed by atoms with Crippen LogP contribution in [-0.4, -0.2) is 28.0 Å². The molecule has 1 aromatic rings. The van der Waals surface area contributed by atoms with Crippen LogP contribution in [0.1, 0.15) is 57.6 Å². The normalized spacial score (nSPS) is 27.1. The van der Waals surface area contributed by atoms with Crippen LogP contribution in [0.3, 0.4) is 0 Å². The Morgan fingerprint density at radius 3 is 2.60 bits per heavy atom. The van der Waals surface area contributed by atoms with Crippen LogP contribution in [0.15, 0.2) is 27.1 Å². The van der Waals surface area contributed by atoms with Gasteiger partial charge in [-0.25, -0.2) is 4.21 Å². The zero-order valence-electron chi connectivity index (χ0n) is 15.4. The Balaban J connectivity index is 2.05. The van der Waals surface area contributed by atoms with Crippen molar-refractivity contribution in [1.29, 1.82) is 0 Å². The summed E-state index contributed by atoms with van der Waals surface area (Å²) < 4.78 is 23.0. The van der Waals surface area contributed by atoms with Crippen molar-refractivity contribution in [3.05, 3.63) is 33.8 Å². The zero-order chi connectivity index (χ0) is 18.2. The molecule has 0 radical (unpaired) electrons. The van der Waals surface area contributed by atoms with E-state index in [1.54, 1.807) is 7.11 Å². The summed E-state index contributed by atoms with van der Waals surface area (Å²) in [6.45, 7) is 5.83. The van der Waals surface area contributed by atoms with Gasteiger partial charge in [0.1, 0.15) is 0 Å². The summed E-state index contributed by atoms with van der Waals surface area (Å²) in [6.07, 6.45) is 5.61. The van der Waals surface area contributed by atoms with Gasteiger partial charge in [0.25, 0.3) is 0 Å². The molecule has 1 aromatic carbocycles. The first-order valence-corrected chi connectivity index (χ1v) is 10.7. The minimum absolute atomic E-state index is 0.0593. The molecule has 1 spiro atoms. The summed E-state index contributed by atoms with van der Waals surface area (Å²) in [4.78, 5) is 0. The highest BCUT2D eigenvalue weighted by molar-refractivity contribution is 9.10. The number of rotatable bonds is 2. The Labute approximate surface area is 161 Å². The lowest BCUT2D eigenvalue weighted by molar-refractivity contribution is 0.0449. The lowest BCUT2D eigenvalue weighted by Crippen LogP contribution is -2.30. The summed E-state index contributed by atoms with van der Waals surface area (Å²) >= 11 is 3.59. The van der Waals surface area contributed by atoms with E-state index < -0.39 is 11.0 Å².